The standard InChI is InChI=1S/C28H44N2O2S/c1-16(2)7-6-8-17(3)18-9-10-19-23-20(11-12-25(18,19)4)26(5)14-22-21(29-30-33-22)13-27(26)15-28(27,32)24(23)31/h16-20,23-24,31-32H,6-15H2,1-5H3/t17-,18-,19+,20+,23+,24-,25-,26-,27-,28+/m1/s1. The number of hydrogen-bond acceptors (Lipinski definition) is 5. The predicted octanol–water partition coefficient (Wildman–Crippen LogP) is 5.66. The Morgan fingerprint density at radius 1 is 1.06 bits per heavy atom. The Morgan fingerprint density at radius 3 is 2.61 bits per heavy atom. The minimum atomic E-state index is -0.927. The summed E-state index contributed by atoms with van der Waals surface area (Å²) in [5.41, 5.74) is 0.334. The molecule has 1 aromatic rings. The van der Waals surface area contributed by atoms with E-state index < -0.39 is 11.7 Å². The largest absolute Gasteiger partial charge is 0.390 e. The smallest absolute Gasteiger partial charge is 0.0981 e. The highest BCUT2D eigenvalue weighted by molar-refractivity contribution is 7.05. The molecule has 10 atom stereocenters. The van der Waals surface area contributed by atoms with E-state index in [0.29, 0.717) is 17.3 Å². The lowest BCUT2D eigenvalue weighted by Crippen LogP contribution is -2.64. The minimum Gasteiger partial charge on any atom is -0.390 e. The van der Waals surface area contributed by atoms with Crippen LogP contribution in [0.5, 0.6) is 0 Å². The van der Waals surface area contributed by atoms with Crippen molar-refractivity contribution in [1.29, 1.82) is 0 Å². The number of aliphatic hydroxyl groups excluding tert-OH is 1. The summed E-state index contributed by atoms with van der Waals surface area (Å²) in [6.07, 6.45) is 11.0. The van der Waals surface area contributed by atoms with E-state index in [1.165, 1.54) is 49.8 Å². The average molecular weight is 473 g/mol. The Morgan fingerprint density at radius 2 is 1.85 bits per heavy atom. The van der Waals surface area contributed by atoms with Crippen LogP contribution in [0.3, 0.4) is 0 Å². The summed E-state index contributed by atoms with van der Waals surface area (Å²) in [6, 6.07) is 0. The second kappa shape index (κ2) is 7.26. The van der Waals surface area contributed by atoms with E-state index in [1.54, 1.807) is 11.5 Å². The first-order valence-corrected chi connectivity index (χ1v) is 14.6. The van der Waals surface area contributed by atoms with Crippen molar-refractivity contribution in [3.63, 3.8) is 0 Å². The van der Waals surface area contributed by atoms with Gasteiger partial charge in [0.05, 0.1) is 17.4 Å². The Balaban J connectivity index is 1.30. The summed E-state index contributed by atoms with van der Waals surface area (Å²) in [7, 11) is 0. The van der Waals surface area contributed by atoms with Crippen molar-refractivity contribution in [2.24, 2.45) is 51.8 Å². The molecule has 4 nitrogen and oxygen atoms in total. The topological polar surface area (TPSA) is 66.2 Å². The Kier molecular flexibility index (Phi) is 5.04. The SMILES string of the molecule is CC(C)CCC[C@@H](C)[C@H]1CC[C@H]2[C@@H]3[C@@H](O)[C@@]4(O)C[C@@]45Cc4nnsc4C[C@]5(C)[C@H]3CC[C@]12C. The first-order valence-electron chi connectivity index (χ1n) is 13.8. The Bertz CT molecular complexity index is 933. The monoisotopic (exact) mass is 472 g/mol. The number of aliphatic hydroxyl groups is 2. The normalized spacial score (nSPS) is 50.7. The lowest BCUT2D eigenvalue weighted by atomic mass is 9.43. The van der Waals surface area contributed by atoms with Crippen LogP contribution in [0.25, 0.3) is 0 Å². The molecule has 1 spiro atoms. The van der Waals surface area contributed by atoms with Crippen molar-refractivity contribution in [1.82, 2.24) is 9.59 Å². The number of hydrogen-bond donors (Lipinski definition) is 2. The third-order valence-corrected chi connectivity index (χ3v) is 13.0. The van der Waals surface area contributed by atoms with Crippen LogP contribution in [0, 0.1) is 51.8 Å². The van der Waals surface area contributed by atoms with E-state index in [2.05, 4.69) is 44.2 Å². The van der Waals surface area contributed by atoms with Crippen molar-refractivity contribution < 1.29 is 10.2 Å². The highest BCUT2D eigenvalue weighted by Gasteiger charge is 2.84. The van der Waals surface area contributed by atoms with Crippen LogP contribution >= 0.6 is 11.5 Å². The van der Waals surface area contributed by atoms with Crippen LogP contribution in [0.4, 0.5) is 0 Å². The fraction of sp³-hybridized carbons (Fsp3) is 0.929. The van der Waals surface area contributed by atoms with E-state index in [9.17, 15) is 10.2 Å². The van der Waals surface area contributed by atoms with Crippen molar-refractivity contribution in [2.75, 3.05) is 0 Å². The van der Waals surface area contributed by atoms with Crippen molar-refractivity contribution in [3.05, 3.63) is 10.6 Å². The maximum absolute atomic E-state index is 11.9. The van der Waals surface area contributed by atoms with E-state index in [4.69, 9.17) is 0 Å². The predicted molar refractivity (Wildman–Crippen MR) is 132 cm³/mol. The van der Waals surface area contributed by atoms with Gasteiger partial charge < -0.3 is 10.2 Å². The van der Waals surface area contributed by atoms with E-state index in [1.807, 2.05) is 0 Å². The Hall–Kier alpha value is -0.520. The number of nitrogens with zero attached hydrogens (tertiary/aromatic N) is 2. The summed E-state index contributed by atoms with van der Waals surface area (Å²) in [5.74, 6) is 3.60. The van der Waals surface area contributed by atoms with Gasteiger partial charge in [0.25, 0.3) is 0 Å². The van der Waals surface area contributed by atoms with E-state index in [0.717, 1.165) is 42.7 Å². The van der Waals surface area contributed by atoms with Crippen molar-refractivity contribution in [2.45, 2.75) is 111 Å². The van der Waals surface area contributed by atoms with Gasteiger partial charge in [-0.1, -0.05) is 58.4 Å². The molecule has 5 heteroatoms. The van der Waals surface area contributed by atoms with Gasteiger partial charge in [-0.2, -0.15) is 0 Å². The van der Waals surface area contributed by atoms with Gasteiger partial charge in [0.1, 0.15) is 0 Å². The molecule has 0 radical (unpaired) electrons. The Labute approximate surface area is 204 Å². The van der Waals surface area contributed by atoms with Crippen LogP contribution in [-0.4, -0.2) is 31.5 Å². The molecule has 5 aliphatic rings. The third-order valence-electron chi connectivity index (χ3n) is 12.2. The molecule has 0 aromatic carbocycles. The summed E-state index contributed by atoms with van der Waals surface area (Å²) < 4.78 is 4.26. The lowest BCUT2D eigenvalue weighted by Gasteiger charge is -2.62. The fourth-order valence-corrected chi connectivity index (χ4v) is 11.2. The number of fused-ring (bicyclic) bond motifs is 5. The zero-order chi connectivity index (χ0) is 23.4. The second-order valence-electron chi connectivity index (χ2n) is 13.9. The van der Waals surface area contributed by atoms with E-state index >= 15 is 0 Å². The molecule has 0 amide bonds. The first-order chi connectivity index (χ1) is 15.6. The molecule has 6 rings (SSSR count). The fourth-order valence-electron chi connectivity index (χ4n) is 10.4. The molecular weight excluding hydrogens is 428 g/mol. The number of rotatable bonds is 5. The van der Waals surface area contributed by atoms with Gasteiger partial charge in [-0.15, -0.1) is 5.10 Å². The van der Waals surface area contributed by atoms with Gasteiger partial charge in [-0.05, 0) is 96.4 Å². The molecule has 0 saturated heterocycles. The summed E-state index contributed by atoms with van der Waals surface area (Å²) in [5, 5.41) is 28.2. The average Bonchev–Trinajstić information content (AvgIpc) is 3.02. The van der Waals surface area contributed by atoms with Crippen LogP contribution in [0.2, 0.25) is 0 Å². The van der Waals surface area contributed by atoms with Crippen LogP contribution in [-0.2, 0) is 12.8 Å². The molecule has 2 N–H and O–H groups in total. The number of aromatic nitrogens is 2. The van der Waals surface area contributed by atoms with Gasteiger partial charge >= 0.3 is 0 Å². The van der Waals surface area contributed by atoms with Crippen molar-refractivity contribution in [3.8, 4) is 0 Å². The molecule has 0 unspecified atom stereocenters. The van der Waals surface area contributed by atoms with Gasteiger partial charge in [0.15, 0.2) is 0 Å². The zero-order valence-electron chi connectivity index (χ0n) is 21.3. The maximum atomic E-state index is 11.9. The minimum absolute atomic E-state index is 0.0508. The molecule has 33 heavy (non-hydrogen) atoms. The highest BCUT2D eigenvalue weighted by Crippen LogP contribution is 2.81. The molecule has 0 aliphatic heterocycles. The van der Waals surface area contributed by atoms with Crippen LogP contribution in [0.1, 0.15) is 96.6 Å². The first kappa shape index (κ1) is 22.9. The van der Waals surface area contributed by atoms with Gasteiger partial charge in [0, 0.05) is 16.7 Å². The molecule has 5 aliphatic carbocycles. The van der Waals surface area contributed by atoms with Gasteiger partial charge in [0.2, 0.25) is 0 Å². The van der Waals surface area contributed by atoms with Crippen LogP contribution in [0.15, 0.2) is 0 Å². The summed E-state index contributed by atoms with van der Waals surface area (Å²) in [6.45, 7) is 12.2. The molecular formula is C28H44N2O2S. The van der Waals surface area contributed by atoms with E-state index in [-0.39, 0.29) is 16.7 Å². The van der Waals surface area contributed by atoms with Gasteiger partial charge in [-0.25, -0.2) is 0 Å². The van der Waals surface area contributed by atoms with Crippen molar-refractivity contribution >= 4 is 11.5 Å². The molecule has 184 valence electrons. The molecule has 4 saturated carbocycles. The molecule has 1 aromatic heterocycles. The maximum Gasteiger partial charge on any atom is 0.0981 e. The lowest BCUT2D eigenvalue weighted by molar-refractivity contribution is -0.208. The molecule has 0 bridgehead atoms. The zero-order valence-corrected chi connectivity index (χ0v) is 22.1. The third kappa shape index (κ3) is 2.82. The summed E-state index contributed by atoms with van der Waals surface area (Å²) >= 11 is 1.56. The molecule has 4 fully saturated rings. The molecule has 1 heterocycles. The quantitative estimate of drug-likeness (QED) is 0.580. The highest BCUT2D eigenvalue weighted by atomic mass is 32.1. The van der Waals surface area contributed by atoms with Gasteiger partial charge in [-0.3, -0.25) is 0 Å². The second-order valence-corrected chi connectivity index (χ2v) is 14.7. The van der Waals surface area contributed by atoms with Crippen LogP contribution < -0.4 is 0 Å². The summed E-state index contributed by atoms with van der Waals surface area (Å²) in [4.78, 5) is 1.34.